The van der Waals surface area contributed by atoms with Crippen molar-refractivity contribution in [2.24, 2.45) is 0 Å². The number of ether oxygens (including phenoxy) is 1. The van der Waals surface area contributed by atoms with Gasteiger partial charge in [-0.2, -0.15) is 0 Å². The van der Waals surface area contributed by atoms with Crippen LogP contribution in [0.15, 0.2) is 11.3 Å². The summed E-state index contributed by atoms with van der Waals surface area (Å²) in [4.78, 5) is 10.9. The van der Waals surface area contributed by atoms with E-state index < -0.39 is 0 Å². The molecule has 0 spiro atoms. The van der Waals surface area contributed by atoms with Gasteiger partial charge in [-0.15, -0.1) is 0 Å². The van der Waals surface area contributed by atoms with Crippen LogP contribution < -0.4 is 0 Å². The van der Waals surface area contributed by atoms with Crippen LogP contribution in [0, 0.1) is 0 Å². The van der Waals surface area contributed by atoms with Gasteiger partial charge >= 0.3 is 5.97 Å². The average Bonchev–Trinajstić information content (AvgIpc) is 2.35. The second kappa shape index (κ2) is 4.14. The van der Waals surface area contributed by atoms with Gasteiger partial charge in [-0.1, -0.05) is 19.8 Å². The van der Waals surface area contributed by atoms with Gasteiger partial charge in [0.15, 0.2) is 0 Å². The highest BCUT2D eigenvalue weighted by Crippen LogP contribution is 2.19. The molecule has 0 saturated heterocycles. The van der Waals surface area contributed by atoms with Crippen LogP contribution in [0.25, 0.3) is 0 Å². The van der Waals surface area contributed by atoms with E-state index >= 15 is 0 Å². The lowest BCUT2D eigenvalue weighted by Gasteiger charge is -1.97. The highest BCUT2D eigenvalue weighted by Gasteiger charge is 2.23. The van der Waals surface area contributed by atoms with E-state index in [9.17, 15) is 9.90 Å². The molecule has 1 rings (SSSR count). The summed E-state index contributed by atoms with van der Waals surface area (Å²) >= 11 is 0. The van der Waals surface area contributed by atoms with Crippen LogP contribution in [0.5, 0.6) is 0 Å². The Bertz CT molecular complexity index is 206. The molecule has 0 amide bonds. The first-order valence-electron chi connectivity index (χ1n) is 4.33. The van der Waals surface area contributed by atoms with Crippen LogP contribution in [0.3, 0.4) is 0 Å². The van der Waals surface area contributed by atoms with Crippen LogP contribution in [0.2, 0.25) is 0 Å². The Morgan fingerprint density at radius 2 is 2.25 bits per heavy atom. The minimum atomic E-state index is -0.344. The summed E-state index contributed by atoms with van der Waals surface area (Å²) < 4.78 is 4.65. The van der Waals surface area contributed by atoms with Gasteiger partial charge in [0, 0.05) is 0 Å². The normalized spacial score (nSPS) is 16.9. The van der Waals surface area contributed by atoms with Crippen LogP contribution >= 0.6 is 0 Å². The van der Waals surface area contributed by atoms with Gasteiger partial charge in [-0.25, -0.2) is 4.79 Å². The van der Waals surface area contributed by atoms with E-state index in [0.29, 0.717) is 12.0 Å². The van der Waals surface area contributed by atoms with Gasteiger partial charge < -0.3 is 9.84 Å². The standard InChI is InChI=1S/C9H14O3/c1-2-3-4-5-7-8(10)6-12-9(7)11/h10H,2-6H2,1H3. The summed E-state index contributed by atoms with van der Waals surface area (Å²) in [6, 6.07) is 0. The molecule has 68 valence electrons. The van der Waals surface area contributed by atoms with Crippen LogP contribution in [-0.4, -0.2) is 17.7 Å². The molecule has 1 aliphatic rings. The van der Waals surface area contributed by atoms with Gasteiger partial charge in [-0.05, 0) is 12.8 Å². The number of hydrogen-bond donors (Lipinski definition) is 1. The first-order chi connectivity index (χ1) is 5.75. The Hall–Kier alpha value is -0.990. The SMILES string of the molecule is CCCCCC1=C(O)COC1=O. The lowest BCUT2D eigenvalue weighted by atomic mass is 10.1. The molecule has 1 heterocycles. The van der Waals surface area contributed by atoms with E-state index in [1.165, 1.54) is 0 Å². The number of unbranched alkanes of at least 4 members (excludes halogenated alkanes) is 2. The first kappa shape index (κ1) is 9.10. The van der Waals surface area contributed by atoms with Crippen molar-refractivity contribution in [1.82, 2.24) is 0 Å². The second-order valence-electron chi connectivity index (χ2n) is 2.96. The molecule has 0 aromatic carbocycles. The molecule has 1 aliphatic heterocycles. The number of hydrogen-bond acceptors (Lipinski definition) is 3. The molecule has 3 nitrogen and oxygen atoms in total. The zero-order chi connectivity index (χ0) is 8.97. The Balaban J connectivity index is 2.39. The predicted octanol–water partition coefficient (Wildman–Crippen LogP) is 1.94. The average molecular weight is 170 g/mol. The molecule has 0 atom stereocenters. The lowest BCUT2D eigenvalue weighted by molar-refractivity contribution is -0.136. The lowest BCUT2D eigenvalue weighted by Crippen LogP contribution is -1.99. The summed E-state index contributed by atoms with van der Waals surface area (Å²) in [7, 11) is 0. The highest BCUT2D eigenvalue weighted by atomic mass is 16.5. The Kier molecular flexibility index (Phi) is 3.14. The highest BCUT2D eigenvalue weighted by molar-refractivity contribution is 5.91. The first-order valence-corrected chi connectivity index (χ1v) is 4.33. The number of rotatable bonds is 4. The van der Waals surface area contributed by atoms with Crippen molar-refractivity contribution in [3.63, 3.8) is 0 Å². The van der Waals surface area contributed by atoms with Gasteiger partial charge in [-0.3, -0.25) is 0 Å². The Morgan fingerprint density at radius 3 is 2.75 bits per heavy atom. The molecule has 0 fully saturated rings. The Labute approximate surface area is 72.0 Å². The van der Waals surface area contributed by atoms with E-state index in [-0.39, 0.29) is 18.3 Å². The molecule has 0 radical (unpaired) electrons. The van der Waals surface area contributed by atoms with Crippen molar-refractivity contribution in [3.05, 3.63) is 11.3 Å². The maximum atomic E-state index is 10.9. The van der Waals surface area contributed by atoms with Crippen LogP contribution in [0.1, 0.15) is 32.6 Å². The summed E-state index contributed by atoms with van der Waals surface area (Å²) in [5, 5.41) is 9.19. The molecule has 0 unspecified atom stereocenters. The second-order valence-corrected chi connectivity index (χ2v) is 2.96. The molecule has 0 aromatic rings. The van der Waals surface area contributed by atoms with Gasteiger partial charge in [0.1, 0.15) is 12.4 Å². The van der Waals surface area contributed by atoms with Crippen molar-refractivity contribution in [1.29, 1.82) is 0 Å². The van der Waals surface area contributed by atoms with Crippen molar-refractivity contribution < 1.29 is 14.6 Å². The Morgan fingerprint density at radius 1 is 1.50 bits per heavy atom. The molecule has 12 heavy (non-hydrogen) atoms. The number of carbonyl (C=O) groups excluding carboxylic acids is 1. The zero-order valence-electron chi connectivity index (χ0n) is 7.30. The minimum Gasteiger partial charge on any atom is -0.508 e. The fourth-order valence-corrected chi connectivity index (χ4v) is 1.22. The zero-order valence-corrected chi connectivity index (χ0v) is 7.30. The quantitative estimate of drug-likeness (QED) is 0.518. The van der Waals surface area contributed by atoms with E-state index in [2.05, 4.69) is 11.7 Å². The van der Waals surface area contributed by atoms with Crippen LogP contribution in [-0.2, 0) is 9.53 Å². The largest absolute Gasteiger partial charge is 0.508 e. The molecular formula is C9H14O3. The molecule has 1 N–H and O–H groups in total. The maximum Gasteiger partial charge on any atom is 0.337 e. The number of aliphatic hydroxyl groups is 1. The maximum absolute atomic E-state index is 10.9. The molecule has 0 saturated carbocycles. The van der Waals surface area contributed by atoms with E-state index in [1.54, 1.807) is 0 Å². The third-order valence-electron chi connectivity index (χ3n) is 1.97. The van der Waals surface area contributed by atoms with E-state index in [1.807, 2.05) is 0 Å². The van der Waals surface area contributed by atoms with Crippen molar-refractivity contribution in [2.45, 2.75) is 32.6 Å². The van der Waals surface area contributed by atoms with Gasteiger partial charge in [0.05, 0.1) is 5.57 Å². The smallest absolute Gasteiger partial charge is 0.337 e. The molecule has 0 aliphatic carbocycles. The summed E-state index contributed by atoms with van der Waals surface area (Å²) in [5.74, 6) is -0.222. The predicted molar refractivity (Wildman–Crippen MR) is 44.8 cm³/mol. The summed E-state index contributed by atoms with van der Waals surface area (Å²) in [5.41, 5.74) is 0.475. The number of esters is 1. The third kappa shape index (κ3) is 2.00. The number of carbonyl (C=O) groups is 1. The fourth-order valence-electron chi connectivity index (χ4n) is 1.22. The topological polar surface area (TPSA) is 46.5 Å². The number of aliphatic hydroxyl groups excluding tert-OH is 1. The number of cyclic esters (lactones) is 1. The van der Waals surface area contributed by atoms with E-state index in [0.717, 1.165) is 19.3 Å². The summed E-state index contributed by atoms with van der Waals surface area (Å²) in [6.45, 7) is 2.17. The van der Waals surface area contributed by atoms with Crippen molar-refractivity contribution in [2.75, 3.05) is 6.61 Å². The van der Waals surface area contributed by atoms with Crippen LogP contribution in [0.4, 0.5) is 0 Å². The molecular weight excluding hydrogens is 156 g/mol. The monoisotopic (exact) mass is 170 g/mol. The fraction of sp³-hybridized carbons (Fsp3) is 0.667. The molecule has 0 bridgehead atoms. The van der Waals surface area contributed by atoms with Crippen molar-refractivity contribution >= 4 is 5.97 Å². The summed E-state index contributed by atoms with van der Waals surface area (Å²) in [6.07, 6.45) is 3.80. The van der Waals surface area contributed by atoms with Gasteiger partial charge in [0.25, 0.3) is 0 Å². The molecule has 3 heteroatoms. The third-order valence-corrected chi connectivity index (χ3v) is 1.97. The van der Waals surface area contributed by atoms with Gasteiger partial charge in [0.2, 0.25) is 0 Å². The van der Waals surface area contributed by atoms with E-state index in [4.69, 9.17) is 0 Å². The minimum absolute atomic E-state index is 0.0697. The molecule has 0 aromatic heterocycles. The van der Waals surface area contributed by atoms with Crippen molar-refractivity contribution in [3.8, 4) is 0 Å².